The van der Waals surface area contributed by atoms with Gasteiger partial charge in [-0.1, -0.05) is 12.1 Å². The molecular formula is C17H20N4O3. The molecule has 7 nitrogen and oxygen atoms in total. The first-order valence-electron chi connectivity index (χ1n) is 7.75. The number of carbonyl (C=O) groups is 1. The molecule has 0 saturated heterocycles. The maximum Gasteiger partial charge on any atom is 0.248 e. The van der Waals surface area contributed by atoms with Gasteiger partial charge in [-0.25, -0.2) is 0 Å². The predicted molar refractivity (Wildman–Crippen MR) is 88.2 cm³/mol. The molecule has 0 radical (unpaired) electrons. The topological polar surface area (TPSA) is 90.6 Å². The van der Waals surface area contributed by atoms with Gasteiger partial charge >= 0.3 is 0 Å². The molecule has 2 N–H and O–H groups in total. The van der Waals surface area contributed by atoms with Gasteiger partial charge in [0.15, 0.2) is 0 Å². The average molecular weight is 328 g/mol. The molecular weight excluding hydrogens is 308 g/mol. The molecule has 0 spiro atoms. The molecule has 2 heterocycles. The van der Waals surface area contributed by atoms with Crippen LogP contribution in [0.5, 0.6) is 5.75 Å². The third kappa shape index (κ3) is 3.80. The molecule has 0 bridgehead atoms. The lowest BCUT2D eigenvalue weighted by molar-refractivity contribution is -0.137. The van der Waals surface area contributed by atoms with Gasteiger partial charge in [-0.3, -0.25) is 4.79 Å². The Labute approximate surface area is 140 Å². The molecule has 1 aromatic carbocycles. The van der Waals surface area contributed by atoms with Gasteiger partial charge in [0.2, 0.25) is 5.91 Å². The van der Waals surface area contributed by atoms with E-state index in [9.17, 15) is 4.79 Å². The van der Waals surface area contributed by atoms with Crippen LogP contribution in [0.3, 0.4) is 0 Å². The number of methoxy groups -OCH3 is 1. The van der Waals surface area contributed by atoms with Crippen LogP contribution in [0.1, 0.15) is 16.8 Å². The van der Waals surface area contributed by atoms with Gasteiger partial charge in [0.05, 0.1) is 19.4 Å². The number of nitrogens with two attached hydrogens (primary N) is 1. The summed E-state index contributed by atoms with van der Waals surface area (Å²) >= 11 is 0. The van der Waals surface area contributed by atoms with E-state index in [1.54, 1.807) is 18.1 Å². The third-order valence-electron chi connectivity index (χ3n) is 3.94. The van der Waals surface area contributed by atoms with E-state index in [4.69, 9.17) is 15.2 Å². The van der Waals surface area contributed by atoms with E-state index in [0.717, 1.165) is 22.6 Å². The van der Waals surface area contributed by atoms with E-state index in [2.05, 4.69) is 10.2 Å². The van der Waals surface area contributed by atoms with Gasteiger partial charge in [-0.2, -0.15) is 5.10 Å². The number of carbonyl (C=O) groups excluding carboxylic acids is 1. The van der Waals surface area contributed by atoms with E-state index < -0.39 is 0 Å². The van der Waals surface area contributed by atoms with E-state index in [-0.39, 0.29) is 12.5 Å². The van der Waals surface area contributed by atoms with Crippen molar-refractivity contribution < 1.29 is 14.3 Å². The Morgan fingerprint density at radius 3 is 3.04 bits per heavy atom. The van der Waals surface area contributed by atoms with Crippen molar-refractivity contribution in [2.75, 3.05) is 26.0 Å². The van der Waals surface area contributed by atoms with Crippen molar-refractivity contribution >= 4 is 11.7 Å². The molecule has 126 valence electrons. The quantitative estimate of drug-likeness (QED) is 0.886. The molecule has 0 fully saturated rings. The summed E-state index contributed by atoms with van der Waals surface area (Å²) in [6.07, 6.45) is 0.685. The number of hydrogen-bond acceptors (Lipinski definition) is 6. The molecule has 0 unspecified atom stereocenters. The summed E-state index contributed by atoms with van der Waals surface area (Å²) in [5, 5.41) is 7.92. The molecule has 1 aliphatic heterocycles. The molecule has 7 heteroatoms. The zero-order valence-electron chi connectivity index (χ0n) is 13.6. The van der Waals surface area contributed by atoms with Crippen LogP contribution in [-0.2, 0) is 29.1 Å². The monoisotopic (exact) mass is 328 g/mol. The number of benzene rings is 1. The van der Waals surface area contributed by atoms with Gasteiger partial charge in [0.25, 0.3) is 0 Å². The summed E-state index contributed by atoms with van der Waals surface area (Å²) in [6, 6.07) is 9.37. The Balaban J connectivity index is 1.52. The van der Waals surface area contributed by atoms with Crippen LogP contribution in [-0.4, -0.2) is 41.3 Å². The fraction of sp³-hybridized carbons (Fsp3) is 0.353. The molecule has 1 aromatic heterocycles. The predicted octanol–water partition coefficient (Wildman–Crippen LogP) is 1.17. The normalized spacial score (nSPS) is 13.5. The number of fused-ring (bicyclic) bond motifs is 1. The minimum atomic E-state index is -0.0427. The van der Waals surface area contributed by atoms with Gasteiger partial charge in [0.1, 0.15) is 18.2 Å². The van der Waals surface area contributed by atoms with E-state index >= 15 is 0 Å². The van der Waals surface area contributed by atoms with Crippen molar-refractivity contribution in [2.24, 2.45) is 0 Å². The van der Waals surface area contributed by atoms with Crippen LogP contribution in [0, 0.1) is 0 Å². The number of nitrogens with zero attached hydrogens (tertiary/aromatic N) is 3. The average Bonchev–Trinajstić information content (AvgIpc) is 2.61. The molecule has 1 aliphatic rings. The lowest BCUT2D eigenvalue weighted by atomic mass is 10.1. The summed E-state index contributed by atoms with van der Waals surface area (Å²) in [5.74, 6) is 1.10. The number of amides is 1. The number of nitrogen functional groups attached to an aromatic ring is 1. The zero-order valence-corrected chi connectivity index (χ0v) is 13.6. The largest absolute Gasteiger partial charge is 0.497 e. The molecule has 3 rings (SSSR count). The lowest BCUT2D eigenvalue weighted by Gasteiger charge is -2.27. The number of anilines is 1. The molecule has 0 atom stereocenters. The van der Waals surface area contributed by atoms with Crippen LogP contribution in [0.15, 0.2) is 30.3 Å². The highest BCUT2D eigenvalue weighted by Crippen LogP contribution is 2.18. The summed E-state index contributed by atoms with van der Waals surface area (Å²) in [5.41, 5.74) is 8.49. The highest BCUT2D eigenvalue weighted by atomic mass is 16.5. The van der Waals surface area contributed by atoms with Crippen LogP contribution in [0.4, 0.5) is 5.82 Å². The van der Waals surface area contributed by atoms with Crippen LogP contribution >= 0.6 is 0 Å². The van der Waals surface area contributed by atoms with Crippen molar-refractivity contribution in [1.82, 2.24) is 15.1 Å². The second kappa shape index (κ2) is 7.27. The highest BCUT2D eigenvalue weighted by molar-refractivity contribution is 5.77. The van der Waals surface area contributed by atoms with Crippen molar-refractivity contribution in [2.45, 2.75) is 19.6 Å². The van der Waals surface area contributed by atoms with Crippen molar-refractivity contribution in [1.29, 1.82) is 0 Å². The summed E-state index contributed by atoms with van der Waals surface area (Å²) in [6.45, 7) is 1.52. The van der Waals surface area contributed by atoms with Crippen LogP contribution in [0.2, 0.25) is 0 Å². The van der Waals surface area contributed by atoms with Gasteiger partial charge in [-0.15, -0.1) is 5.10 Å². The summed E-state index contributed by atoms with van der Waals surface area (Å²) < 4.78 is 10.7. The van der Waals surface area contributed by atoms with Crippen molar-refractivity contribution in [3.8, 4) is 5.75 Å². The van der Waals surface area contributed by atoms with Crippen LogP contribution < -0.4 is 10.5 Å². The zero-order chi connectivity index (χ0) is 16.9. The van der Waals surface area contributed by atoms with E-state index in [0.29, 0.717) is 31.9 Å². The summed E-state index contributed by atoms with van der Waals surface area (Å²) in [7, 11) is 1.62. The molecule has 1 amide bonds. The lowest BCUT2D eigenvalue weighted by Crippen LogP contribution is -2.38. The van der Waals surface area contributed by atoms with Crippen molar-refractivity contribution in [3.05, 3.63) is 47.2 Å². The third-order valence-corrected chi connectivity index (χ3v) is 3.94. The second-order valence-electron chi connectivity index (χ2n) is 5.65. The number of rotatable bonds is 5. The van der Waals surface area contributed by atoms with Crippen molar-refractivity contribution in [3.63, 3.8) is 0 Å². The standard InChI is InChI=1S/C17H20N4O3/c1-23-14-4-2-3-12(7-14)10-24-11-17(22)21-6-5-15-13(9-21)8-16(18)20-19-15/h2-4,7-8H,5-6,9-11H2,1H3,(H2,18,20). The molecule has 0 saturated carbocycles. The highest BCUT2D eigenvalue weighted by Gasteiger charge is 2.22. The fourth-order valence-corrected chi connectivity index (χ4v) is 2.67. The molecule has 24 heavy (non-hydrogen) atoms. The minimum absolute atomic E-state index is 0.0422. The maximum atomic E-state index is 12.3. The van der Waals surface area contributed by atoms with Gasteiger partial charge in [0, 0.05) is 19.5 Å². The Hall–Kier alpha value is -2.67. The number of aromatic nitrogens is 2. The van der Waals surface area contributed by atoms with E-state index in [1.807, 2.05) is 24.3 Å². The summed E-state index contributed by atoms with van der Waals surface area (Å²) in [4.78, 5) is 14.1. The van der Waals surface area contributed by atoms with Gasteiger partial charge < -0.3 is 20.1 Å². The Morgan fingerprint density at radius 1 is 1.33 bits per heavy atom. The minimum Gasteiger partial charge on any atom is -0.497 e. The first-order chi connectivity index (χ1) is 11.7. The fourth-order valence-electron chi connectivity index (χ4n) is 2.67. The van der Waals surface area contributed by atoms with Crippen LogP contribution in [0.25, 0.3) is 0 Å². The first kappa shape index (κ1) is 16.2. The Morgan fingerprint density at radius 2 is 2.21 bits per heavy atom. The van der Waals surface area contributed by atoms with E-state index in [1.165, 1.54) is 0 Å². The Kier molecular flexibility index (Phi) is 4.90. The number of hydrogen-bond donors (Lipinski definition) is 1. The maximum absolute atomic E-state index is 12.3. The second-order valence-corrected chi connectivity index (χ2v) is 5.65. The molecule has 2 aromatic rings. The molecule has 0 aliphatic carbocycles. The first-order valence-corrected chi connectivity index (χ1v) is 7.75. The number of ether oxygens (including phenoxy) is 2. The smallest absolute Gasteiger partial charge is 0.248 e. The SMILES string of the molecule is COc1cccc(COCC(=O)N2CCc3nnc(N)cc3C2)c1. The van der Waals surface area contributed by atoms with Gasteiger partial charge in [-0.05, 0) is 29.3 Å². The Bertz CT molecular complexity index is 736.